The summed E-state index contributed by atoms with van der Waals surface area (Å²) in [5.41, 5.74) is 8.39. The van der Waals surface area contributed by atoms with E-state index in [1.165, 1.54) is 0 Å². The molecule has 1 fully saturated rings. The lowest BCUT2D eigenvalue weighted by atomic mass is 9.95. The number of amides is 2. The summed E-state index contributed by atoms with van der Waals surface area (Å²) in [6.45, 7) is 4.98. The SMILES string of the molecule is CC(C)CC(=O)Nc1ccc(Cl)c(C(=O)N2C[C@@H](N)[C@H](c3ccccc3)C2)c1. The molecule has 1 aliphatic heterocycles. The van der Waals surface area contributed by atoms with Crippen molar-refractivity contribution >= 4 is 29.1 Å². The number of hydrogen-bond donors (Lipinski definition) is 2. The molecule has 0 bridgehead atoms. The van der Waals surface area contributed by atoms with Crippen molar-refractivity contribution in [1.82, 2.24) is 4.90 Å². The van der Waals surface area contributed by atoms with Crippen LogP contribution in [-0.4, -0.2) is 35.8 Å². The topological polar surface area (TPSA) is 75.4 Å². The third-order valence-corrected chi connectivity index (χ3v) is 5.28. The molecular weight excluding hydrogens is 374 g/mol. The molecule has 5 nitrogen and oxygen atoms in total. The fourth-order valence-corrected chi connectivity index (χ4v) is 3.77. The molecule has 1 heterocycles. The molecule has 148 valence electrons. The van der Waals surface area contributed by atoms with E-state index >= 15 is 0 Å². The standard InChI is InChI=1S/C22H26ClN3O2/c1-14(2)10-21(27)25-16-8-9-19(23)17(11-16)22(28)26-12-18(20(24)13-26)15-6-4-3-5-7-15/h3-9,11,14,18,20H,10,12-13,24H2,1-2H3,(H,25,27)/t18-,20+/m0/s1. The summed E-state index contributed by atoms with van der Waals surface area (Å²) >= 11 is 6.29. The largest absolute Gasteiger partial charge is 0.336 e. The van der Waals surface area contributed by atoms with Crippen molar-refractivity contribution in [1.29, 1.82) is 0 Å². The van der Waals surface area contributed by atoms with E-state index in [0.29, 0.717) is 35.8 Å². The second-order valence-electron chi connectivity index (χ2n) is 7.73. The molecule has 0 saturated carbocycles. The highest BCUT2D eigenvalue weighted by Gasteiger charge is 2.34. The highest BCUT2D eigenvalue weighted by atomic mass is 35.5. The second-order valence-corrected chi connectivity index (χ2v) is 8.14. The molecule has 0 aliphatic carbocycles. The molecule has 2 amide bonds. The van der Waals surface area contributed by atoms with Crippen molar-refractivity contribution in [3.63, 3.8) is 0 Å². The lowest BCUT2D eigenvalue weighted by Gasteiger charge is -2.18. The van der Waals surface area contributed by atoms with Crippen molar-refractivity contribution < 1.29 is 9.59 Å². The number of carbonyl (C=O) groups excluding carboxylic acids is 2. The first-order valence-electron chi connectivity index (χ1n) is 9.54. The van der Waals surface area contributed by atoms with Crippen molar-refractivity contribution in [3.8, 4) is 0 Å². The number of hydrogen-bond acceptors (Lipinski definition) is 3. The average Bonchev–Trinajstić information content (AvgIpc) is 3.04. The Labute approximate surface area is 170 Å². The normalized spacial score (nSPS) is 19.1. The van der Waals surface area contributed by atoms with E-state index in [-0.39, 0.29) is 29.7 Å². The van der Waals surface area contributed by atoms with Gasteiger partial charge in [0.25, 0.3) is 5.91 Å². The molecule has 1 saturated heterocycles. The van der Waals surface area contributed by atoms with Crippen LogP contribution in [0.3, 0.4) is 0 Å². The van der Waals surface area contributed by atoms with E-state index in [4.69, 9.17) is 17.3 Å². The fraction of sp³-hybridized carbons (Fsp3) is 0.364. The Balaban J connectivity index is 1.75. The minimum absolute atomic E-state index is 0.0805. The van der Waals surface area contributed by atoms with Crippen LogP contribution in [0.4, 0.5) is 5.69 Å². The molecule has 28 heavy (non-hydrogen) atoms. The average molecular weight is 400 g/mol. The number of benzene rings is 2. The summed E-state index contributed by atoms with van der Waals surface area (Å²) in [5, 5.41) is 3.20. The summed E-state index contributed by atoms with van der Waals surface area (Å²) in [6.07, 6.45) is 0.422. The van der Waals surface area contributed by atoms with E-state index < -0.39 is 0 Å². The summed E-state index contributed by atoms with van der Waals surface area (Å²) < 4.78 is 0. The van der Waals surface area contributed by atoms with Gasteiger partial charge in [0.2, 0.25) is 5.91 Å². The Kier molecular flexibility index (Phi) is 6.37. The Morgan fingerprint density at radius 1 is 1.18 bits per heavy atom. The van der Waals surface area contributed by atoms with E-state index in [1.807, 2.05) is 44.2 Å². The van der Waals surface area contributed by atoms with Crippen LogP contribution in [0.15, 0.2) is 48.5 Å². The second kappa shape index (κ2) is 8.76. The lowest BCUT2D eigenvalue weighted by Crippen LogP contribution is -2.32. The van der Waals surface area contributed by atoms with Gasteiger partial charge in [-0.25, -0.2) is 0 Å². The van der Waals surface area contributed by atoms with Gasteiger partial charge in [-0.15, -0.1) is 0 Å². The molecule has 2 aromatic carbocycles. The monoisotopic (exact) mass is 399 g/mol. The Morgan fingerprint density at radius 2 is 1.89 bits per heavy atom. The highest BCUT2D eigenvalue weighted by Crippen LogP contribution is 2.29. The molecule has 3 N–H and O–H groups in total. The minimum Gasteiger partial charge on any atom is -0.336 e. The molecule has 0 spiro atoms. The smallest absolute Gasteiger partial charge is 0.255 e. The van der Waals surface area contributed by atoms with Gasteiger partial charge < -0.3 is 16.0 Å². The van der Waals surface area contributed by atoms with Crippen molar-refractivity contribution in [2.75, 3.05) is 18.4 Å². The quantitative estimate of drug-likeness (QED) is 0.800. The number of nitrogens with two attached hydrogens (primary N) is 1. The van der Waals surface area contributed by atoms with Gasteiger partial charge in [0.1, 0.15) is 0 Å². The van der Waals surface area contributed by atoms with Gasteiger partial charge in [0.05, 0.1) is 10.6 Å². The van der Waals surface area contributed by atoms with Crippen molar-refractivity contribution in [2.45, 2.75) is 32.2 Å². The van der Waals surface area contributed by atoms with Gasteiger partial charge in [0, 0.05) is 37.2 Å². The third-order valence-electron chi connectivity index (χ3n) is 4.95. The number of nitrogens with one attached hydrogen (secondary N) is 1. The first-order chi connectivity index (χ1) is 13.3. The number of halogens is 1. The fourth-order valence-electron chi connectivity index (χ4n) is 3.57. The maximum atomic E-state index is 13.1. The number of carbonyl (C=O) groups is 2. The molecule has 2 aromatic rings. The summed E-state index contributed by atoms with van der Waals surface area (Å²) in [5.74, 6) is 0.106. The molecule has 3 rings (SSSR count). The number of anilines is 1. The number of nitrogens with zero attached hydrogens (tertiary/aromatic N) is 1. The van der Waals surface area contributed by atoms with E-state index in [2.05, 4.69) is 5.32 Å². The predicted octanol–water partition coefficient (Wildman–Crippen LogP) is 3.89. The van der Waals surface area contributed by atoms with Gasteiger partial charge in [-0.2, -0.15) is 0 Å². The van der Waals surface area contributed by atoms with Crippen LogP contribution in [0.2, 0.25) is 5.02 Å². The summed E-state index contributed by atoms with van der Waals surface area (Å²) in [7, 11) is 0. The number of rotatable bonds is 5. The zero-order valence-electron chi connectivity index (χ0n) is 16.2. The van der Waals surface area contributed by atoms with Crippen LogP contribution in [0.1, 0.15) is 42.1 Å². The molecule has 1 aliphatic rings. The Morgan fingerprint density at radius 3 is 2.57 bits per heavy atom. The van der Waals surface area contributed by atoms with E-state index in [9.17, 15) is 9.59 Å². The van der Waals surface area contributed by atoms with Gasteiger partial charge in [0.15, 0.2) is 0 Å². The Hall–Kier alpha value is -2.37. The first kappa shape index (κ1) is 20.4. The maximum absolute atomic E-state index is 13.1. The molecular formula is C22H26ClN3O2. The van der Waals surface area contributed by atoms with E-state index in [1.54, 1.807) is 23.1 Å². The van der Waals surface area contributed by atoms with Gasteiger partial charge in [-0.3, -0.25) is 9.59 Å². The summed E-state index contributed by atoms with van der Waals surface area (Å²) in [4.78, 5) is 26.9. The minimum atomic E-state index is -0.168. The van der Waals surface area contributed by atoms with Crippen LogP contribution in [0, 0.1) is 5.92 Å². The third kappa shape index (κ3) is 4.72. The maximum Gasteiger partial charge on any atom is 0.255 e. The van der Waals surface area contributed by atoms with Crippen LogP contribution in [0.5, 0.6) is 0 Å². The molecule has 6 heteroatoms. The molecule has 0 aromatic heterocycles. The van der Waals surface area contributed by atoms with Gasteiger partial charge >= 0.3 is 0 Å². The Bertz CT molecular complexity index is 854. The van der Waals surface area contributed by atoms with Crippen LogP contribution < -0.4 is 11.1 Å². The highest BCUT2D eigenvalue weighted by molar-refractivity contribution is 6.34. The van der Waals surface area contributed by atoms with Crippen molar-refractivity contribution in [3.05, 3.63) is 64.7 Å². The van der Waals surface area contributed by atoms with Crippen LogP contribution in [-0.2, 0) is 4.79 Å². The predicted molar refractivity (Wildman–Crippen MR) is 113 cm³/mol. The van der Waals surface area contributed by atoms with Crippen LogP contribution >= 0.6 is 11.6 Å². The van der Waals surface area contributed by atoms with Crippen molar-refractivity contribution in [2.24, 2.45) is 11.7 Å². The zero-order chi connectivity index (χ0) is 20.3. The van der Waals surface area contributed by atoms with E-state index in [0.717, 1.165) is 5.56 Å². The number of likely N-dealkylation sites (tertiary alicyclic amines) is 1. The van der Waals surface area contributed by atoms with Gasteiger partial charge in [-0.1, -0.05) is 55.8 Å². The van der Waals surface area contributed by atoms with Gasteiger partial charge in [-0.05, 0) is 29.7 Å². The summed E-state index contributed by atoms with van der Waals surface area (Å²) in [6, 6.07) is 14.9. The molecule has 0 radical (unpaired) electrons. The first-order valence-corrected chi connectivity index (χ1v) is 9.92. The molecule has 2 atom stereocenters. The van der Waals surface area contributed by atoms with Crippen LogP contribution in [0.25, 0.3) is 0 Å². The lowest BCUT2D eigenvalue weighted by molar-refractivity contribution is -0.116. The zero-order valence-corrected chi connectivity index (χ0v) is 16.9. The molecule has 0 unspecified atom stereocenters.